The SMILES string of the molecule is CCOC(=O)C1CC(=O)N(c2ccc(N3CCC(C)CC3)cc2)C1. The minimum Gasteiger partial charge on any atom is -0.466 e. The van der Waals surface area contributed by atoms with Gasteiger partial charge in [-0.2, -0.15) is 0 Å². The Kier molecular flexibility index (Phi) is 5.07. The number of carbonyl (C=O) groups excluding carboxylic acids is 2. The zero-order valence-electron chi connectivity index (χ0n) is 14.5. The molecular weight excluding hydrogens is 304 g/mol. The Morgan fingerprint density at radius 2 is 1.79 bits per heavy atom. The fraction of sp³-hybridized carbons (Fsp3) is 0.579. The third-order valence-corrected chi connectivity index (χ3v) is 5.06. The first-order chi connectivity index (χ1) is 11.6. The molecule has 0 aliphatic carbocycles. The lowest BCUT2D eigenvalue weighted by atomic mass is 9.99. The summed E-state index contributed by atoms with van der Waals surface area (Å²) < 4.78 is 5.04. The average molecular weight is 330 g/mol. The maximum atomic E-state index is 12.2. The molecule has 2 saturated heterocycles. The van der Waals surface area contributed by atoms with Crippen LogP contribution in [0.3, 0.4) is 0 Å². The van der Waals surface area contributed by atoms with E-state index in [-0.39, 0.29) is 24.2 Å². The molecule has 1 aromatic carbocycles. The van der Waals surface area contributed by atoms with Gasteiger partial charge in [0.1, 0.15) is 0 Å². The molecule has 0 aromatic heterocycles. The highest BCUT2D eigenvalue weighted by molar-refractivity contribution is 5.99. The van der Waals surface area contributed by atoms with Crippen LogP contribution in [0, 0.1) is 11.8 Å². The van der Waals surface area contributed by atoms with E-state index < -0.39 is 0 Å². The van der Waals surface area contributed by atoms with E-state index in [1.807, 2.05) is 12.1 Å². The van der Waals surface area contributed by atoms with Crippen molar-refractivity contribution in [2.75, 3.05) is 36.0 Å². The fourth-order valence-electron chi connectivity index (χ4n) is 3.49. The van der Waals surface area contributed by atoms with Crippen LogP contribution in [0.5, 0.6) is 0 Å². The van der Waals surface area contributed by atoms with E-state index in [0.717, 1.165) is 24.7 Å². The largest absolute Gasteiger partial charge is 0.466 e. The van der Waals surface area contributed by atoms with E-state index in [1.54, 1.807) is 11.8 Å². The number of hydrogen-bond acceptors (Lipinski definition) is 4. The minimum absolute atomic E-state index is 0.00685. The quantitative estimate of drug-likeness (QED) is 0.797. The van der Waals surface area contributed by atoms with Gasteiger partial charge in [-0.05, 0) is 49.9 Å². The Morgan fingerprint density at radius 1 is 1.17 bits per heavy atom. The van der Waals surface area contributed by atoms with Crippen LogP contribution in [-0.4, -0.2) is 38.1 Å². The number of ether oxygens (including phenoxy) is 1. The Morgan fingerprint density at radius 3 is 2.42 bits per heavy atom. The number of hydrogen-bond donors (Lipinski definition) is 0. The van der Waals surface area contributed by atoms with Crippen LogP contribution < -0.4 is 9.80 Å². The van der Waals surface area contributed by atoms with Crippen molar-refractivity contribution in [1.82, 2.24) is 0 Å². The summed E-state index contributed by atoms with van der Waals surface area (Å²) in [6.45, 7) is 7.04. The van der Waals surface area contributed by atoms with E-state index in [1.165, 1.54) is 18.5 Å². The topological polar surface area (TPSA) is 49.9 Å². The van der Waals surface area contributed by atoms with E-state index in [0.29, 0.717) is 13.2 Å². The summed E-state index contributed by atoms with van der Waals surface area (Å²) in [5.74, 6) is 0.184. The molecule has 24 heavy (non-hydrogen) atoms. The molecule has 130 valence electrons. The first-order valence-electron chi connectivity index (χ1n) is 8.90. The molecule has 2 aliphatic rings. The lowest BCUT2D eigenvalue weighted by Crippen LogP contribution is -2.32. The smallest absolute Gasteiger partial charge is 0.311 e. The molecule has 5 nitrogen and oxygen atoms in total. The summed E-state index contributed by atoms with van der Waals surface area (Å²) in [6, 6.07) is 8.13. The van der Waals surface area contributed by atoms with E-state index in [4.69, 9.17) is 4.74 Å². The van der Waals surface area contributed by atoms with Gasteiger partial charge in [0.2, 0.25) is 5.91 Å². The second-order valence-electron chi connectivity index (χ2n) is 6.84. The van der Waals surface area contributed by atoms with Crippen molar-refractivity contribution in [2.24, 2.45) is 11.8 Å². The molecule has 2 aliphatic heterocycles. The number of esters is 1. The van der Waals surface area contributed by atoms with Crippen molar-refractivity contribution in [3.8, 4) is 0 Å². The first kappa shape index (κ1) is 16.8. The average Bonchev–Trinajstić information content (AvgIpc) is 2.98. The van der Waals surface area contributed by atoms with Crippen LogP contribution >= 0.6 is 0 Å². The van der Waals surface area contributed by atoms with E-state index >= 15 is 0 Å². The molecule has 1 amide bonds. The van der Waals surface area contributed by atoms with Gasteiger partial charge in [0.15, 0.2) is 0 Å². The zero-order chi connectivity index (χ0) is 17.1. The van der Waals surface area contributed by atoms with E-state index in [2.05, 4.69) is 24.0 Å². The van der Waals surface area contributed by atoms with Crippen LogP contribution in [0.2, 0.25) is 0 Å². The number of anilines is 2. The van der Waals surface area contributed by atoms with Gasteiger partial charge in [0, 0.05) is 37.4 Å². The molecule has 1 aromatic rings. The van der Waals surface area contributed by atoms with E-state index in [9.17, 15) is 9.59 Å². The number of piperidine rings is 1. The van der Waals surface area contributed by atoms with Gasteiger partial charge in [-0.3, -0.25) is 9.59 Å². The van der Waals surface area contributed by atoms with Crippen molar-refractivity contribution < 1.29 is 14.3 Å². The minimum atomic E-state index is -0.347. The summed E-state index contributed by atoms with van der Waals surface area (Å²) in [5.41, 5.74) is 2.07. The third-order valence-electron chi connectivity index (χ3n) is 5.06. The first-order valence-corrected chi connectivity index (χ1v) is 8.90. The predicted molar refractivity (Wildman–Crippen MR) is 94.1 cm³/mol. The standard InChI is InChI=1S/C19H26N2O3/c1-3-24-19(23)15-12-18(22)21(13-15)17-6-4-16(5-7-17)20-10-8-14(2)9-11-20/h4-7,14-15H,3,8-13H2,1-2H3. The lowest BCUT2D eigenvalue weighted by molar-refractivity contribution is -0.147. The maximum absolute atomic E-state index is 12.2. The maximum Gasteiger partial charge on any atom is 0.311 e. The summed E-state index contributed by atoms with van der Waals surface area (Å²) in [6.07, 6.45) is 2.70. The number of carbonyl (C=O) groups is 2. The van der Waals surface area contributed by atoms with Gasteiger partial charge >= 0.3 is 5.97 Å². The highest BCUT2D eigenvalue weighted by Crippen LogP contribution is 2.29. The summed E-state index contributed by atoms with van der Waals surface area (Å²) in [4.78, 5) is 28.2. The molecule has 0 radical (unpaired) electrons. The van der Waals surface area contributed by atoms with Crippen LogP contribution in [0.4, 0.5) is 11.4 Å². The Bertz CT molecular complexity index is 591. The van der Waals surface area contributed by atoms with Crippen LogP contribution in [0.25, 0.3) is 0 Å². The van der Waals surface area contributed by atoms with Crippen molar-refractivity contribution >= 4 is 23.3 Å². The molecule has 0 saturated carbocycles. The Labute approximate surface area is 143 Å². The van der Waals surface area contributed by atoms with Gasteiger partial charge in [0.25, 0.3) is 0 Å². The third kappa shape index (κ3) is 3.55. The number of rotatable bonds is 4. The molecule has 0 bridgehead atoms. The monoisotopic (exact) mass is 330 g/mol. The van der Waals surface area contributed by atoms with Crippen molar-refractivity contribution in [2.45, 2.75) is 33.1 Å². The zero-order valence-corrected chi connectivity index (χ0v) is 14.5. The van der Waals surface area contributed by atoms with Gasteiger partial charge < -0.3 is 14.5 Å². The lowest BCUT2D eigenvalue weighted by Gasteiger charge is -2.32. The highest BCUT2D eigenvalue weighted by Gasteiger charge is 2.36. The normalized spacial score (nSPS) is 22.1. The number of amides is 1. The molecule has 0 spiro atoms. The Hall–Kier alpha value is -2.04. The fourth-order valence-corrected chi connectivity index (χ4v) is 3.49. The molecule has 2 fully saturated rings. The van der Waals surface area contributed by atoms with Gasteiger partial charge in [-0.15, -0.1) is 0 Å². The second-order valence-corrected chi connectivity index (χ2v) is 6.84. The van der Waals surface area contributed by atoms with Crippen molar-refractivity contribution in [1.29, 1.82) is 0 Å². The van der Waals surface area contributed by atoms with Crippen LogP contribution in [-0.2, 0) is 14.3 Å². The number of nitrogens with zero attached hydrogens (tertiary/aromatic N) is 2. The summed E-state index contributed by atoms with van der Waals surface area (Å²) >= 11 is 0. The van der Waals surface area contributed by atoms with Crippen molar-refractivity contribution in [3.05, 3.63) is 24.3 Å². The summed E-state index contributed by atoms with van der Waals surface area (Å²) in [5, 5.41) is 0. The number of benzene rings is 1. The highest BCUT2D eigenvalue weighted by atomic mass is 16.5. The van der Waals surface area contributed by atoms with Crippen LogP contribution in [0.1, 0.15) is 33.1 Å². The molecule has 2 heterocycles. The van der Waals surface area contributed by atoms with Crippen molar-refractivity contribution in [3.63, 3.8) is 0 Å². The molecule has 1 unspecified atom stereocenters. The summed E-state index contributed by atoms with van der Waals surface area (Å²) in [7, 11) is 0. The predicted octanol–water partition coefficient (Wildman–Crippen LogP) is 2.84. The molecular formula is C19H26N2O3. The molecule has 5 heteroatoms. The molecule has 0 N–H and O–H groups in total. The second kappa shape index (κ2) is 7.24. The Balaban J connectivity index is 1.65. The molecule has 1 atom stereocenters. The van der Waals surface area contributed by atoms with Gasteiger partial charge in [-0.1, -0.05) is 6.92 Å². The van der Waals surface area contributed by atoms with Gasteiger partial charge in [0.05, 0.1) is 12.5 Å². The van der Waals surface area contributed by atoms with Gasteiger partial charge in [-0.25, -0.2) is 0 Å². The molecule has 3 rings (SSSR count). The van der Waals surface area contributed by atoms with Crippen LogP contribution in [0.15, 0.2) is 24.3 Å².